The molecule has 1 aliphatic heterocycles. The molecule has 14 heteroatoms. The Bertz CT molecular complexity index is 8620. The third-order valence-electron chi connectivity index (χ3n) is 25.7. The van der Waals surface area contributed by atoms with Gasteiger partial charge in [-0.3, -0.25) is 0 Å². The van der Waals surface area contributed by atoms with E-state index in [0.717, 1.165) is 122 Å². The molecule has 0 amide bonds. The van der Waals surface area contributed by atoms with Gasteiger partial charge in [-0.1, -0.05) is 346 Å². The van der Waals surface area contributed by atoms with Crippen molar-refractivity contribution in [3.63, 3.8) is 0 Å². The van der Waals surface area contributed by atoms with Crippen LogP contribution in [0.25, 0.3) is 230 Å². The van der Waals surface area contributed by atoms with Crippen molar-refractivity contribution < 1.29 is 18.1 Å². The predicted octanol–water partition coefficient (Wildman–Crippen LogP) is 32.6. The lowest BCUT2D eigenvalue weighted by Gasteiger charge is -2.32. The van der Waals surface area contributed by atoms with E-state index in [1.807, 2.05) is 144 Å². The van der Waals surface area contributed by atoms with Gasteiger partial charge < -0.3 is 18.1 Å². The van der Waals surface area contributed by atoms with Crippen LogP contribution in [0.1, 0.15) is 27.7 Å². The van der Waals surface area contributed by atoms with Crippen molar-refractivity contribution in [2.24, 2.45) is 0 Å². The molecule has 18 aromatic carbocycles. The predicted molar refractivity (Wildman–Crippen MR) is 558 cm³/mol. The topological polar surface area (TPSA) is 122 Å². The number of hydrogen-bond donors (Lipinski definition) is 0. The third-order valence-corrected chi connectivity index (χ3v) is 28.3. The third kappa shape index (κ3) is 16.0. The van der Waals surface area contributed by atoms with Gasteiger partial charge in [0.1, 0.15) is 22.3 Å². The van der Waals surface area contributed by atoms with E-state index in [9.17, 15) is 0 Å². The molecule has 0 aliphatic carbocycles. The number of halogens is 1. The van der Waals surface area contributed by atoms with E-state index < -0.39 is 0 Å². The van der Waals surface area contributed by atoms with E-state index in [1.165, 1.54) is 84.9 Å². The zero-order valence-electron chi connectivity index (χ0n) is 73.5. The second kappa shape index (κ2) is 34.9. The molecule has 0 spiro atoms. The Kier molecular flexibility index (Phi) is 21.5. The molecule has 6 aromatic heterocycles. The summed E-state index contributed by atoms with van der Waals surface area (Å²) in [5, 5.41) is 9.40. The van der Waals surface area contributed by atoms with Gasteiger partial charge in [-0.25, -0.2) is 19.9 Å². The van der Waals surface area contributed by atoms with Crippen LogP contribution in [0.5, 0.6) is 0 Å². The van der Waals surface area contributed by atoms with Gasteiger partial charge in [0.25, 0.3) is 0 Å². The Labute approximate surface area is 788 Å². The van der Waals surface area contributed by atoms with Crippen molar-refractivity contribution in [3.05, 3.63) is 430 Å². The van der Waals surface area contributed by atoms with Gasteiger partial charge in [0, 0.05) is 89.7 Å². The summed E-state index contributed by atoms with van der Waals surface area (Å²) in [6.07, 6.45) is 0. The smallest absolute Gasteiger partial charge is 0.456 e. The highest BCUT2D eigenvalue weighted by molar-refractivity contribution is 7.26. The van der Waals surface area contributed by atoms with E-state index in [4.69, 9.17) is 49.7 Å². The minimum absolute atomic E-state index is 0.156. The molecule has 25 rings (SSSR count). The summed E-state index contributed by atoms with van der Waals surface area (Å²) >= 11 is 10.1. The summed E-state index contributed by atoms with van der Waals surface area (Å²) in [6, 6.07) is 148. The average Bonchev–Trinajstić information content (AvgIpc) is 1.53. The normalized spacial score (nSPS) is 12.9. The Morgan fingerprint density at radius 1 is 0.224 bits per heavy atom. The van der Waals surface area contributed by atoms with Crippen LogP contribution < -0.4 is 5.46 Å². The van der Waals surface area contributed by atoms with Gasteiger partial charge in [-0.15, -0.1) is 22.7 Å². The first-order chi connectivity index (χ1) is 65.7. The zero-order chi connectivity index (χ0) is 90.0. The number of furan rings is 2. The van der Waals surface area contributed by atoms with E-state index in [-0.39, 0.29) is 23.6 Å². The summed E-state index contributed by atoms with van der Waals surface area (Å²) in [7, 11) is -0.374. The molecule has 24 aromatic rings. The van der Waals surface area contributed by atoms with Crippen LogP contribution >= 0.6 is 34.3 Å². The lowest BCUT2D eigenvalue weighted by atomic mass is 9.78. The molecule has 1 aliphatic rings. The number of aromatic nitrogens is 6. The summed E-state index contributed by atoms with van der Waals surface area (Å²) in [4.78, 5) is 29.0. The Morgan fingerprint density at radius 2 is 0.522 bits per heavy atom. The van der Waals surface area contributed by atoms with Gasteiger partial charge in [0.05, 0.1) is 11.2 Å². The number of benzene rings is 18. The molecule has 0 radical (unpaired) electrons. The molecular weight excluding hydrogens is 1700 g/mol. The van der Waals surface area contributed by atoms with Gasteiger partial charge in [-0.2, -0.15) is 9.97 Å². The Hall–Kier alpha value is -15.7. The highest BCUT2D eigenvalue weighted by Gasteiger charge is 2.52. The van der Waals surface area contributed by atoms with Gasteiger partial charge in [0.2, 0.25) is 5.28 Å². The van der Waals surface area contributed by atoms with Crippen LogP contribution in [0.15, 0.2) is 433 Å². The summed E-state index contributed by atoms with van der Waals surface area (Å²) < 4.78 is 30.5. The highest BCUT2D eigenvalue weighted by Crippen LogP contribution is 2.47. The molecule has 1 saturated heterocycles. The molecule has 0 unspecified atom stereocenters. The van der Waals surface area contributed by atoms with Crippen LogP contribution in [0.4, 0.5) is 0 Å². The van der Waals surface area contributed by atoms with Crippen LogP contribution in [0.3, 0.4) is 0 Å². The number of fused-ring (bicyclic) bond motifs is 12. The largest absolute Gasteiger partial charge is 0.494 e. The molecular formula is C120H82BClN6O4S2. The molecule has 10 nitrogen and oxygen atoms in total. The van der Waals surface area contributed by atoms with Crippen molar-refractivity contribution in [1.29, 1.82) is 0 Å². The average molecular weight is 1780 g/mol. The fraction of sp³-hybridized carbons (Fsp3) is 0.0500. The lowest BCUT2D eigenvalue weighted by Crippen LogP contribution is -2.41. The first kappa shape index (κ1) is 82.7. The van der Waals surface area contributed by atoms with Crippen LogP contribution in [-0.4, -0.2) is 48.2 Å². The molecule has 0 saturated carbocycles. The van der Waals surface area contributed by atoms with Gasteiger partial charge in [-0.05, 0) is 213 Å². The minimum Gasteiger partial charge on any atom is -0.456 e. The van der Waals surface area contributed by atoms with E-state index in [1.54, 1.807) is 0 Å². The number of thiophene rings is 2. The summed E-state index contributed by atoms with van der Waals surface area (Å²) in [5.74, 6) is 2.85. The zero-order valence-corrected chi connectivity index (χ0v) is 75.9. The molecule has 1 fully saturated rings. The fourth-order valence-electron chi connectivity index (χ4n) is 18.3. The van der Waals surface area contributed by atoms with Crippen LogP contribution in [0.2, 0.25) is 5.28 Å². The Morgan fingerprint density at radius 3 is 0.970 bits per heavy atom. The number of nitrogens with zero attached hydrogens (tertiary/aromatic N) is 6. The lowest BCUT2D eigenvalue weighted by molar-refractivity contribution is 0.00578. The van der Waals surface area contributed by atoms with Gasteiger partial charge >= 0.3 is 7.12 Å². The quantitative estimate of drug-likeness (QED) is 0.0973. The fourth-order valence-corrected chi connectivity index (χ4v) is 20.9. The SMILES string of the molecule is CC1(C)OB(c2cccc(-c3cccc(-c4cccc(-c5cccc6c5sc5ccccc56)c4)c3)c2)OC1(C)C.Clc1nc(-c2ccccc2)nc(-c2cccc3oc4ccc(-c5ccccc5)cc4c23)n1.c1ccc(-c2ccc3oc4cccc(-c5nc(-c6ccccc6)nc(-c6cccc(-c7cccc(-c8cccc(-c9cccc%10c9sc9ccccc9%10)c8)c7)c6)n5)c4c3c2)cc1. The van der Waals surface area contributed by atoms with Crippen molar-refractivity contribution in [2.45, 2.75) is 38.9 Å². The van der Waals surface area contributed by atoms with Gasteiger partial charge in [0.15, 0.2) is 29.1 Å². The van der Waals surface area contributed by atoms with Crippen LogP contribution in [0, 0.1) is 0 Å². The van der Waals surface area contributed by atoms with E-state index in [2.05, 4.69) is 341 Å². The molecule has 134 heavy (non-hydrogen) atoms. The standard InChI is InChI=1S/C57H35N3OS.C36H31BO2S.C27H16ClN3O/c1-3-14-36(15-4-1)42-30-31-50-49(35-42)53-48(27-13-28-51(53)61-50)57-59-55(37-16-5-2-6-17-37)58-56(60-57)44-23-11-21-41(34-44)39-19-9-18-38(32-39)40-20-10-22-43(33-40)45-25-12-26-47-46-24-7-8-29-52(46)62-54(45)47;1-35(2)36(3,4)39-37(38-35)29-16-9-14-27(23-29)25-12-7-11-24(21-25)26-13-8-15-28(22-26)30-18-10-19-32-31-17-5-6-20-33(31)40-34(30)32;28-27-30-25(18-10-5-2-6-11-18)29-26(31-27)20-12-7-13-23-24(20)21-16-19(14-15-22(21)32-23)17-8-3-1-4-9-17/h1-35H;5-23H,1-4H3;1-16H. The van der Waals surface area contributed by atoms with E-state index >= 15 is 0 Å². The number of rotatable bonds is 14. The van der Waals surface area contributed by atoms with Crippen LogP contribution in [-0.2, 0) is 9.31 Å². The maximum absolute atomic E-state index is 6.43. The van der Waals surface area contributed by atoms with Crippen molar-refractivity contribution in [3.8, 4) is 146 Å². The highest BCUT2D eigenvalue weighted by atomic mass is 35.5. The monoisotopic (exact) mass is 1780 g/mol. The molecule has 7 heterocycles. The van der Waals surface area contributed by atoms with E-state index in [0.29, 0.717) is 29.1 Å². The van der Waals surface area contributed by atoms with Crippen molar-refractivity contribution in [2.75, 3.05) is 0 Å². The van der Waals surface area contributed by atoms with Crippen molar-refractivity contribution >= 4 is 131 Å². The van der Waals surface area contributed by atoms with Crippen molar-refractivity contribution in [1.82, 2.24) is 29.9 Å². The second-order valence-corrected chi connectivity index (χ2v) is 37.1. The first-order valence-electron chi connectivity index (χ1n) is 44.9. The maximum Gasteiger partial charge on any atom is 0.494 e. The molecule has 0 atom stereocenters. The summed E-state index contributed by atoms with van der Waals surface area (Å²) in [5.41, 5.74) is 26.8. The molecule has 0 bridgehead atoms. The second-order valence-electron chi connectivity index (χ2n) is 34.7. The Balaban J connectivity index is 0.000000121. The molecule has 638 valence electrons. The summed E-state index contributed by atoms with van der Waals surface area (Å²) in [6.45, 7) is 8.37. The maximum atomic E-state index is 6.43. The first-order valence-corrected chi connectivity index (χ1v) is 46.9. The molecule has 0 N–H and O–H groups in total. The minimum atomic E-state index is -0.374. The number of hydrogen-bond acceptors (Lipinski definition) is 12.